The van der Waals surface area contributed by atoms with Crippen molar-refractivity contribution in [1.29, 1.82) is 0 Å². The van der Waals surface area contributed by atoms with E-state index in [9.17, 15) is 28.8 Å². The molecule has 10 nitrogen and oxygen atoms in total. The van der Waals surface area contributed by atoms with E-state index in [1.165, 1.54) is 18.6 Å². The lowest BCUT2D eigenvalue weighted by Crippen LogP contribution is -2.50. The topological polar surface area (TPSA) is 143 Å². The summed E-state index contributed by atoms with van der Waals surface area (Å²) in [5.74, 6) is -2.54. The van der Waals surface area contributed by atoms with Crippen LogP contribution in [0.15, 0.2) is 18.6 Å². The van der Waals surface area contributed by atoms with Gasteiger partial charge in [-0.2, -0.15) is 0 Å². The van der Waals surface area contributed by atoms with Crippen molar-refractivity contribution in [1.82, 2.24) is 20.2 Å². The van der Waals surface area contributed by atoms with E-state index in [2.05, 4.69) is 15.3 Å². The summed E-state index contributed by atoms with van der Waals surface area (Å²) in [6, 6.07) is -1.38. The predicted octanol–water partition coefficient (Wildman–Crippen LogP) is 5.33. The highest BCUT2D eigenvalue weighted by Crippen LogP contribution is 2.46. The van der Waals surface area contributed by atoms with Gasteiger partial charge in [0.15, 0.2) is 17.3 Å². The Morgan fingerprint density at radius 1 is 0.917 bits per heavy atom. The Kier molecular flexibility index (Phi) is 12.3. The smallest absolute Gasteiger partial charge is 0.272 e. The van der Waals surface area contributed by atoms with Crippen LogP contribution in [0.2, 0.25) is 0 Å². The number of Topliss-reactive ketones (excluding diaryl/α,β-unsaturated/α-hetero) is 4. The highest BCUT2D eigenvalue weighted by atomic mass is 16.2. The van der Waals surface area contributed by atoms with Gasteiger partial charge in [0.25, 0.3) is 5.91 Å². The van der Waals surface area contributed by atoms with Crippen LogP contribution >= 0.6 is 0 Å². The summed E-state index contributed by atoms with van der Waals surface area (Å²) in [6.45, 7) is 6.25. The average Bonchev–Trinajstić information content (AvgIpc) is 4.04. The van der Waals surface area contributed by atoms with E-state index in [1.54, 1.807) is 4.90 Å². The Morgan fingerprint density at radius 2 is 1.65 bits per heavy atom. The zero-order valence-electron chi connectivity index (χ0n) is 29.0. The standard InChI is InChI=1S/C38H54N4O6/c1-4-8-27(36(46)33(45)19-24-11-12-24)20-32(44)35-28(25-13-14-25)15-18-42(35)38(48)29(23(2)3)21-31(43)34(26-9-6-5-7-10-26)41-37(47)30-22-39-16-17-40-30/h16-17,22-29,34-35H,4-15,18-21H2,1-3H3,(H,41,47)/t27-,28-,29+,34+,35+/m1/s1. The minimum atomic E-state index is -0.738. The lowest BCUT2D eigenvalue weighted by atomic mass is 9.79. The van der Waals surface area contributed by atoms with Crippen LogP contribution in [0.5, 0.6) is 0 Å². The van der Waals surface area contributed by atoms with Gasteiger partial charge >= 0.3 is 0 Å². The summed E-state index contributed by atoms with van der Waals surface area (Å²) in [5.41, 5.74) is 0.140. The van der Waals surface area contributed by atoms with Crippen molar-refractivity contribution in [2.75, 3.05) is 6.54 Å². The summed E-state index contributed by atoms with van der Waals surface area (Å²) in [6.07, 6.45) is 15.1. The predicted molar refractivity (Wildman–Crippen MR) is 180 cm³/mol. The third-order valence-electron chi connectivity index (χ3n) is 11.3. The summed E-state index contributed by atoms with van der Waals surface area (Å²) in [4.78, 5) is 91.6. The fourth-order valence-electron chi connectivity index (χ4n) is 8.17. The summed E-state index contributed by atoms with van der Waals surface area (Å²) >= 11 is 0. The van der Waals surface area contributed by atoms with E-state index in [1.807, 2.05) is 20.8 Å². The highest BCUT2D eigenvalue weighted by molar-refractivity contribution is 6.38. The van der Waals surface area contributed by atoms with Crippen molar-refractivity contribution in [2.24, 2.45) is 41.4 Å². The number of hydrogen-bond donors (Lipinski definition) is 1. The Labute approximate surface area is 285 Å². The zero-order valence-corrected chi connectivity index (χ0v) is 29.0. The molecule has 48 heavy (non-hydrogen) atoms. The third kappa shape index (κ3) is 9.03. The molecule has 1 saturated heterocycles. The van der Waals surface area contributed by atoms with Crippen LogP contribution in [-0.4, -0.2) is 68.4 Å². The second kappa shape index (κ2) is 16.4. The molecule has 1 aromatic heterocycles. The molecule has 10 heteroatoms. The first-order chi connectivity index (χ1) is 23.1. The van der Waals surface area contributed by atoms with Gasteiger partial charge in [0, 0.05) is 50.0 Å². The number of likely N-dealkylation sites (tertiary alicyclic amines) is 1. The molecule has 1 aromatic rings. The van der Waals surface area contributed by atoms with Gasteiger partial charge in [-0.1, -0.05) is 46.5 Å². The molecule has 4 aliphatic rings. The van der Waals surface area contributed by atoms with Gasteiger partial charge in [-0.05, 0) is 81.0 Å². The van der Waals surface area contributed by atoms with E-state index in [-0.39, 0.29) is 66.0 Å². The van der Waals surface area contributed by atoms with Crippen LogP contribution in [0.1, 0.15) is 128 Å². The molecule has 0 spiro atoms. The number of amides is 2. The molecule has 0 radical (unpaired) electrons. The Hall–Kier alpha value is -3.30. The lowest BCUT2D eigenvalue weighted by Gasteiger charge is -2.34. The molecule has 3 saturated carbocycles. The minimum Gasteiger partial charge on any atom is -0.341 e. The first kappa shape index (κ1) is 36.0. The van der Waals surface area contributed by atoms with Gasteiger partial charge in [-0.25, -0.2) is 4.98 Å². The van der Waals surface area contributed by atoms with Crippen molar-refractivity contribution in [2.45, 2.75) is 129 Å². The van der Waals surface area contributed by atoms with Crippen LogP contribution in [0.3, 0.4) is 0 Å². The number of ketones is 4. The molecule has 4 fully saturated rings. The molecule has 2 heterocycles. The highest BCUT2D eigenvalue weighted by Gasteiger charge is 2.50. The maximum absolute atomic E-state index is 14.4. The van der Waals surface area contributed by atoms with E-state index in [0.29, 0.717) is 31.2 Å². The van der Waals surface area contributed by atoms with Crippen molar-refractivity contribution < 1.29 is 28.8 Å². The second-order valence-corrected chi connectivity index (χ2v) is 15.3. The molecule has 5 rings (SSSR count). The van der Waals surface area contributed by atoms with Crippen LogP contribution in [-0.2, 0) is 24.0 Å². The van der Waals surface area contributed by atoms with Crippen LogP contribution in [0.4, 0.5) is 0 Å². The third-order valence-corrected chi connectivity index (χ3v) is 11.3. The summed E-state index contributed by atoms with van der Waals surface area (Å²) < 4.78 is 0. The fraction of sp³-hybridized carbons (Fsp3) is 0.737. The number of nitrogens with zero attached hydrogens (tertiary/aromatic N) is 3. The van der Waals surface area contributed by atoms with Gasteiger partial charge in [0.2, 0.25) is 11.7 Å². The monoisotopic (exact) mass is 662 g/mol. The van der Waals surface area contributed by atoms with Crippen LogP contribution < -0.4 is 5.32 Å². The van der Waals surface area contributed by atoms with Gasteiger partial charge in [0.1, 0.15) is 5.69 Å². The maximum atomic E-state index is 14.4. The van der Waals surface area contributed by atoms with Crippen LogP contribution in [0, 0.1) is 41.4 Å². The molecule has 1 N–H and O–H groups in total. The van der Waals surface area contributed by atoms with Crippen LogP contribution in [0.25, 0.3) is 0 Å². The second-order valence-electron chi connectivity index (χ2n) is 15.3. The van der Waals surface area contributed by atoms with Crippen molar-refractivity contribution >= 4 is 34.9 Å². The molecule has 5 atom stereocenters. The Balaban J connectivity index is 1.32. The molecular weight excluding hydrogens is 608 g/mol. The van der Waals surface area contributed by atoms with Gasteiger partial charge in [-0.3, -0.25) is 33.8 Å². The van der Waals surface area contributed by atoms with E-state index in [0.717, 1.165) is 64.2 Å². The van der Waals surface area contributed by atoms with Gasteiger partial charge < -0.3 is 10.2 Å². The zero-order chi connectivity index (χ0) is 34.4. The maximum Gasteiger partial charge on any atom is 0.272 e. The molecule has 0 aromatic carbocycles. The quantitative estimate of drug-likeness (QED) is 0.208. The number of aromatic nitrogens is 2. The minimum absolute atomic E-state index is 0.0224. The number of carbonyl (C=O) groups excluding carboxylic acids is 6. The van der Waals surface area contributed by atoms with Crippen molar-refractivity contribution in [3.05, 3.63) is 24.3 Å². The van der Waals surface area contributed by atoms with Crippen molar-refractivity contribution in [3.8, 4) is 0 Å². The first-order valence-electron chi connectivity index (χ1n) is 18.6. The largest absolute Gasteiger partial charge is 0.341 e. The van der Waals surface area contributed by atoms with E-state index >= 15 is 0 Å². The lowest BCUT2D eigenvalue weighted by molar-refractivity contribution is -0.146. The Bertz CT molecular complexity index is 1330. The normalized spacial score (nSPS) is 23.4. The molecule has 262 valence electrons. The first-order valence-corrected chi connectivity index (χ1v) is 18.6. The SMILES string of the molecule is CCC[C@H](CC(=O)[C@@H]1[C@@H](C2CC2)CCN1C(=O)[C@@H](CC(=O)[C@@H](NC(=O)c1cnccn1)C1CCCCC1)C(C)C)C(=O)C(=O)CC1CC1. The average molecular weight is 663 g/mol. The Morgan fingerprint density at radius 3 is 2.25 bits per heavy atom. The number of carbonyl (C=O) groups is 6. The fourth-order valence-corrected chi connectivity index (χ4v) is 8.17. The molecule has 0 unspecified atom stereocenters. The van der Waals surface area contributed by atoms with Gasteiger partial charge in [-0.15, -0.1) is 0 Å². The summed E-state index contributed by atoms with van der Waals surface area (Å²) in [5, 5.41) is 2.95. The molecule has 2 amide bonds. The number of hydrogen-bond acceptors (Lipinski definition) is 8. The molecule has 1 aliphatic heterocycles. The van der Waals surface area contributed by atoms with Gasteiger partial charge in [0.05, 0.1) is 18.3 Å². The number of nitrogens with one attached hydrogen (secondary N) is 1. The van der Waals surface area contributed by atoms with Crippen molar-refractivity contribution in [3.63, 3.8) is 0 Å². The van der Waals surface area contributed by atoms with E-state index < -0.39 is 35.6 Å². The molecule has 3 aliphatic carbocycles. The number of rotatable bonds is 18. The summed E-state index contributed by atoms with van der Waals surface area (Å²) in [7, 11) is 0. The molecular formula is C38H54N4O6. The molecule has 0 bridgehead atoms. The van der Waals surface area contributed by atoms with E-state index in [4.69, 9.17) is 0 Å².